The second kappa shape index (κ2) is 4.37. The number of nitrogens with two attached hydrogens (primary N) is 1. The lowest BCUT2D eigenvalue weighted by Gasteiger charge is -2.06. The molecule has 1 aromatic heterocycles. The maximum absolute atomic E-state index is 5.64. The smallest absolute Gasteiger partial charge is 0.210 e. The van der Waals surface area contributed by atoms with Gasteiger partial charge in [0.2, 0.25) is 5.13 Å². The van der Waals surface area contributed by atoms with Crippen LogP contribution in [-0.4, -0.2) is 10.2 Å². The Morgan fingerprint density at radius 2 is 2.13 bits per heavy atom. The van der Waals surface area contributed by atoms with Gasteiger partial charge in [0.1, 0.15) is 5.01 Å². The number of para-hydroxylation sites is 1. The summed E-state index contributed by atoms with van der Waals surface area (Å²) >= 11 is 1.53. The molecule has 0 spiro atoms. The minimum Gasteiger partial charge on any atom is -0.330 e. The monoisotopic (exact) mass is 220 g/mol. The standard InChI is InChI=1S/C10H12N4S/c1-7-13-14-10(15-7)12-9-5-3-2-4-8(9)6-11/h2-5H,6,11H2,1H3,(H,12,14). The van der Waals surface area contributed by atoms with Crippen LogP contribution in [0, 0.1) is 6.92 Å². The van der Waals surface area contributed by atoms with Crippen LogP contribution in [0.15, 0.2) is 24.3 Å². The van der Waals surface area contributed by atoms with Crippen LogP contribution in [-0.2, 0) is 6.54 Å². The van der Waals surface area contributed by atoms with Gasteiger partial charge in [-0.2, -0.15) is 0 Å². The van der Waals surface area contributed by atoms with Crippen LogP contribution in [0.2, 0.25) is 0 Å². The Morgan fingerprint density at radius 1 is 1.33 bits per heavy atom. The lowest BCUT2D eigenvalue weighted by atomic mass is 10.2. The molecule has 0 amide bonds. The molecule has 0 aliphatic heterocycles. The highest BCUT2D eigenvalue weighted by Gasteiger charge is 2.03. The predicted molar refractivity (Wildman–Crippen MR) is 62.3 cm³/mol. The molecule has 2 rings (SSSR count). The van der Waals surface area contributed by atoms with E-state index in [9.17, 15) is 0 Å². The molecule has 0 aliphatic carbocycles. The van der Waals surface area contributed by atoms with Gasteiger partial charge in [0.25, 0.3) is 0 Å². The lowest BCUT2D eigenvalue weighted by Crippen LogP contribution is -2.01. The van der Waals surface area contributed by atoms with E-state index in [1.165, 1.54) is 11.3 Å². The van der Waals surface area contributed by atoms with E-state index in [1.54, 1.807) is 0 Å². The van der Waals surface area contributed by atoms with Gasteiger partial charge in [-0.25, -0.2) is 0 Å². The van der Waals surface area contributed by atoms with E-state index in [0.29, 0.717) is 6.54 Å². The van der Waals surface area contributed by atoms with Crippen LogP contribution in [0.4, 0.5) is 10.8 Å². The van der Waals surface area contributed by atoms with Crippen LogP contribution in [0.3, 0.4) is 0 Å². The first-order chi connectivity index (χ1) is 7.29. The number of benzene rings is 1. The van der Waals surface area contributed by atoms with E-state index >= 15 is 0 Å². The molecule has 15 heavy (non-hydrogen) atoms. The molecule has 78 valence electrons. The van der Waals surface area contributed by atoms with E-state index in [-0.39, 0.29) is 0 Å². The third-order valence-electron chi connectivity index (χ3n) is 2.00. The Morgan fingerprint density at radius 3 is 2.80 bits per heavy atom. The SMILES string of the molecule is Cc1nnc(Nc2ccccc2CN)s1. The number of anilines is 2. The number of nitrogens with one attached hydrogen (secondary N) is 1. The topological polar surface area (TPSA) is 63.8 Å². The Bertz CT molecular complexity index is 452. The molecule has 2 aromatic rings. The molecule has 1 aromatic carbocycles. The average molecular weight is 220 g/mol. The lowest BCUT2D eigenvalue weighted by molar-refractivity contribution is 1.04. The first-order valence-corrected chi connectivity index (χ1v) is 5.46. The van der Waals surface area contributed by atoms with Crippen LogP contribution < -0.4 is 11.1 Å². The maximum atomic E-state index is 5.64. The highest BCUT2D eigenvalue weighted by Crippen LogP contribution is 2.22. The molecule has 5 heteroatoms. The molecule has 3 N–H and O–H groups in total. The fraction of sp³-hybridized carbons (Fsp3) is 0.200. The minimum absolute atomic E-state index is 0.515. The molecule has 1 heterocycles. The van der Waals surface area contributed by atoms with E-state index in [0.717, 1.165) is 21.4 Å². The third kappa shape index (κ3) is 2.31. The second-order valence-corrected chi connectivity index (χ2v) is 4.29. The molecule has 0 saturated heterocycles. The van der Waals surface area contributed by atoms with Crippen molar-refractivity contribution in [3.63, 3.8) is 0 Å². The van der Waals surface area contributed by atoms with Crippen molar-refractivity contribution in [2.75, 3.05) is 5.32 Å². The van der Waals surface area contributed by atoms with E-state index in [1.807, 2.05) is 31.2 Å². The molecular weight excluding hydrogens is 208 g/mol. The predicted octanol–water partition coefficient (Wildman–Crippen LogP) is 2.05. The number of nitrogens with zero attached hydrogens (tertiary/aromatic N) is 2. The fourth-order valence-electron chi connectivity index (χ4n) is 1.28. The van der Waals surface area contributed by atoms with Crippen molar-refractivity contribution in [3.05, 3.63) is 34.8 Å². The van der Waals surface area contributed by atoms with Crippen LogP contribution in [0.1, 0.15) is 10.6 Å². The summed E-state index contributed by atoms with van der Waals surface area (Å²) in [6.45, 7) is 2.44. The summed E-state index contributed by atoms with van der Waals surface area (Å²) < 4.78 is 0. The Labute approximate surface area is 92.2 Å². The molecule has 0 radical (unpaired) electrons. The van der Waals surface area contributed by atoms with Gasteiger partial charge in [-0.1, -0.05) is 29.5 Å². The molecular formula is C10H12N4S. The summed E-state index contributed by atoms with van der Waals surface area (Å²) in [7, 11) is 0. The first kappa shape index (κ1) is 10.1. The van der Waals surface area contributed by atoms with E-state index in [2.05, 4.69) is 15.5 Å². The maximum Gasteiger partial charge on any atom is 0.210 e. The molecule has 0 saturated carbocycles. The molecule has 0 bridgehead atoms. The summed E-state index contributed by atoms with van der Waals surface area (Å²) in [6.07, 6.45) is 0. The largest absolute Gasteiger partial charge is 0.330 e. The van der Waals surface area contributed by atoms with Crippen molar-refractivity contribution in [2.24, 2.45) is 5.73 Å². The van der Waals surface area contributed by atoms with Crippen molar-refractivity contribution < 1.29 is 0 Å². The zero-order valence-electron chi connectivity index (χ0n) is 8.40. The Kier molecular flexibility index (Phi) is 2.94. The number of aryl methyl sites for hydroxylation is 1. The Balaban J connectivity index is 2.23. The van der Waals surface area contributed by atoms with Gasteiger partial charge in [-0.15, -0.1) is 10.2 Å². The Hall–Kier alpha value is -1.46. The van der Waals surface area contributed by atoms with Crippen LogP contribution in [0.25, 0.3) is 0 Å². The average Bonchev–Trinajstić information content (AvgIpc) is 2.65. The van der Waals surface area contributed by atoms with Crippen molar-refractivity contribution in [2.45, 2.75) is 13.5 Å². The zero-order valence-corrected chi connectivity index (χ0v) is 9.21. The zero-order chi connectivity index (χ0) is 10.7. The van der Waals surface area contributed by atoms with Crippen LogP contribution in [0.5, 0.6) is 0 Å². The number of hydrogen-bond donors (Lipinski definition) is 2. The van der Waals surface area contributed by atoms with E-state index in [4.69, 9.17) is 5.73 Å². The molecule has 0 fully saturated rings. The number of aromatic nitrogens is 2. The van der Waals surface area contributed by atoms with Crippen molar-refractivity contribution >= 4 is 22.2 Å². The van der Waals surface area contributed by atoms with Crippen molar-refractivity contribution in [3.8, 4) is 0 Å². The van der Waals surface area contributed by atoms with Crippen molar-refractivity contribution in [1.29, 1.82) is 0 Å². The summed E-state index contributed by atoms with van der Waals surface area (Å²) in [5, 5.41) is 12.9. The summed E-state index contributed by atoms with van der Waals surface area (Å²) in [5.41, 5.74) is 7.71. The van der Waals surface area contributed by atoms with Gasteiger partial charge in [-0.3, -0.25) is 0 Å². The second-order valence-electron chi connectivity index (χ2n) is 3.11. The minimum atomic E-state index is 0.515. The highest BCUT2D eigenvalue weighted by atomic mass is 32.1. The normalized spacial score (nSPS) is 10.3. The summed E-state index contributed by atoms with van der Waals surface area (Å²) in [6, 6.07) is 7.92. The van der Waals surface area contributed by atoms with Gasteiger partial charge in [0.15, 0.2) is 0 Å². The third-order valence-corrected chi connectivity index (χ3v) is 2.76. The van der Waals surface area contributed by atoms with Gasteiger partial charge in [-0.05, 0) is 18.6 Å². The van der Waals surface area contributed by atoms with Crippen molar-refractivity contribution in [1.82, 2.24) is 10.2 Å². The summed E-state index contributed by atoms with van der Waals surface area (Å²) in [5.74, 6) is 0. The highest BCUT2D eigenvalue weighted by molar-refractivity contribution is 7.15. The molecule has 0 unspecified atom stereocenters. The van der Waals surface area contributed by atoms with E-state index < -0.39 is 0 Å². The summed E-state index contributed by atoms with van der Waals surface area (Å²) in [4.78, 5) is 0. The van der Waals surface area contributed by atoms with Gasteiger partial charge >= 0.3 is 0 Å². The van der Waals surface area contributed by atoms with Gasteiger partial charge in [0, 0.05) is 12.2 Å². The first-order valence-electron chi connectivity index (χ1n) is 4.64. The fourth-order valence-corrected chi connectivity index (χ4v) is 1.89. The molecule has 0 aliphatic rings. The van der Waals surface area contributed by atoms with Crippen LogP contribution >= 0.6 is 11.3 Å². The van der Waals surface area contributed by atoms with Gasteiger partial charge < -0.3 is 11.1 Å². The molecule has 0 atom stereocenters. The quantitative estimate of drug-likeness (QED) is 0.831. The number of hydrogen-bond acceptors (Lipinski definition) is 5. The number of rotatable bonds is 3. The molecule has 4 nitrogen and oxygen atoms in total. The van der Waals surface area contributed by atoms with Gasteiger partial charge in [0.05, 0.1) is 0 Å².